The Hall–Kier alpha value is -3.23. The quantitative estimate of drug-likeness (QED) is 0.794. The number of ether oxygens (including phenoxy) is 1. The maximum absolute atomic E-state index is 12.7. The predicted octanol–water partition coefficient (Wildman–Crippen LogP) is 1.58. The average Bonchev–Trinajstić information content (AvgIpc) is 2.69. The SMILES string of the molecule is Cn1ccc(C(=O)N2CCN(C(=O)c3ccccc3OC(F)F)CC2)cc1=O. The predicted molar refractivity (Wildman–Crippen MR) is 96.6 cm³/mol. The highest BCUT2D eigenvalue weighted by molar-refractivity contribution is 5.97. The summed E-state index contributed by atoms with van der Waals surface area (Å²) in [6, 6.07) is 8.67. The molecule has 7 nitrogen and oxygen atoms in total. The summed E-state index contributed by atoms with van der Waals surface area (Å²) >= 11 is 0. The summed E-state index contributed by atoms with van der Waals surface area (Å²) in [5.41, 5.74) is 0.0583. The second-order valence-corrected chi connectivity index (χ2v) is 6.32. The van der Waals surface area contributed by atoms with Gasteiger partial charge in [0, 0.05) is 51.1 Å². The number of para-hydroxylation sites is 1. The molecule has 1 aromatic heterocycles. The zero-order valence-electron chi connectivity index (χ0n) is 15.2. The van der Waals surface area contributed by atoms with E-state index >= 15 is 0 Å². The van der Waals surface area contributed by atoms with Crippen LogP contribution in [0.15, 0.2) is 47.4 Å². The van der Waals surface area contributed by atoms with E-state index in [2.05, 4.69) is 4.74 Å². The highest BCUT2D eigenvalue weighted by Crippen LogP contribution is 2.22. The van der Waals surface area contributed by atoms with Crippen molar-refractivity contribution in [2.75, 3.05) is 26.2 Å². The Labute approximate surface area is 159 Å². The van der Waals surface area contributed by atoms with Gasteiger partial charge in [-0.15, -0.1) is 0 Å². The van der Waals surface area contributed by atoms with Gasteiger partial charge in [0.15, 0.2) is 0 Å². The van der Waals surface area contributed by atoms with Crippen LogP contribution in [0.3, 0.4) is 0 Å². The van der Waals surface area contributed by atoms with Crippen molar-refractivity contribution < 1.29 is 23.1 Å². The van der Waals surface area contributed by atoms with Crippen LogP contribution in [-0.2, 0) is 7.05 Å². The summed E-state index contributed by atoms with van der Waals surface area (Å²) in [7, 11) is 1.59. The van der Waals surface area contributed by atoms with Gasteiger partial charge in [0.25, 0.3) is 17.4 Å². The van der Waals surface area contributed by atoms with Gasteiger partial charge in [-0.1, -0.05) is 12.1 Å². The summed E-state index contributed by atoms with van der Waals surface area (Å²) in [5, 5.41) is 0. The summed E-state index contributed by atoms with van der Waals surface area (Å²) < 4.78 is 30.9. The van der Waals surface area contributed by atoms with Crippen LogP contribution in [0.1, 0.15) is 20.7 Å². The van der Waals surface area contributed by atoms with Gasteiger partial charge in [0.1, 0.15) is 5.75 Å². The maximum Gasteiger partial charge on any atom is 0.387 e. The highest BCUT2D eigenvalue weighted by Gasteiger charge is 2.27. The lowest BCUT2D eigenvalue weighted by atomic mass is 10.1. The van der Waals surface area contributed by atoms with Crippen molar-refractivity contribution >= 4 is 11.8 Å². The third kappa shape index (κ3) is 4.19. The van der Waals surface area contributed by atoms with Crippen molar-refractivity contribution in [2.24, 2.45) is 7.05 Å². The number of aryl methyl sites for hydroxylation is 1. The molecule has 0 saturated carbocycles. The first kappa shape index (κ1) is 19.5. The number of rotatable bonds is 4. The van der Waals surface area contributed by atoms with Gasteiger partial charge in [0.05, 0.1) is 5.56 Å². The molecule has 1 aliphatic heterocycles. The number of amides is 2. The Bertz CT molecular complexity index is 937. The lowest BCUT2D eigenvalue weighted by Crippen LogP contribution is -2.50. The van der Waals surface area contributed by atoms with Crippen molar-refractivity contribution in [3.63, 3.8) is 0 Å². The van der Waals surface area contributed by atoms with Crippen LogP contribution < -0.4 is 10.3 Å². The molecule has 0 bridgehead atoms. The molecule has 2 aromatic rings. The van der Waals surface area contributed by atoms with Gasteiger partial charge < -0.3 is 19.1 Å². The second-order valence-electron chi connectivity index (χ2n) is 6.32. The monoisotopic (exact) mass is 391 g/mol. The third-order valence-electron chi connectivity index (χ3n) is 4.54. The number of benzene rings is 1. The first-order valence-electron chi connectivity index (χ1n) is 8.66. The van der Waals surface area contributed by atoms with E-state index in [1.165, 1.54) is 39.9 Å². The molecular weight excluding hydrogens is 372 g/mol. The van der Waals surface area contributed by atoms with Gasteiger partial charge in [0.2, 0.25) is 0 Å². The fraction of sp³-hybridized carbons (Fsp3) is 0.316. The van der Waals surface area contributed by atoms with Crippen LogP contribution in [0.2, 0.25) is 0 Å². The molecule has 0 N–H and O–H groups in total. The zero-order chi connectivity index (χ0) is 20.3. The Morgan fingerprint density at radius 3 is 2.21 bits per heavy atom. The molecule has 0 radical (unpaired) electrons. The summed E-state index contributed by atoms with van der Waals surface area (Å²) in [6.45, 7) is -1.98. The van der Waals surface area contributed by atoms with Gasteiger partial charge in [-0.05, 0) is 18.2 Å². The van der Waals surface area contributed by atoms with E-state index in [-0.39, 0.29) is 49.0 Å². The van der Waals surface area contributed by atoms with Gasteiger partial charge >= 0.3 is 6.61 Å². The Kier molecular flexibility index (Phi) is 5.72. The number of nitrogens with zero attached hydrogens (tertiary/aromatic N) is 3. The van der Waals surface area contributed by atoms with Crippen molar-refractivity contribution in [1.29, 1.82) is 0 Å². The number of halogens is 2. The van der Waals surface area contributed by atoms with E-state index in [9.17, 15) is 23.2 Å². The first-order chi connectivity index (χ1) is 13.4. The van der Waals surface area contributed by atoms with E-state index in [0.29, 0.717) is 5.56 Å². The van der Waals surface area contributed by atoms with E-state index in [1.54, 1.807) is 24.1 Å². The van der Waals surface area contributed by atoms with E-state index < -0.39 is 12.5 Å². The number of piperazine rings is 1. The van der Waals surface area contributed by atoms with E-state index in [1.807, 2.05) is 0 Å². The van der Waals surface area contributed by atoms with Crippen LogP contribution in [0.25, 0.3) is 0 Å². The molecule has 1 saturated heterocycles. The molecule has 28 heavy (non-hydrogen) atoms. The van der Waals surface area contributed by atoms with Crippen molar-refractivity contribution in [1.82, 2.24) is 14.4 Å². The summed E-state index contributed by atoms with van der Waals surface area (Å²) in [4.78, 5) is 40.0. The fourth-order valence-corrected chi connectivity index (χ4v) is 2.99. The molecule has 0 atom stereocenters. The minimum absolute atomic E-state index is 0.0501. The smallest absolute Gasteiger partial charge is 0.387 e. The molecule has 148 valence electrons. The van der Waals surface area contributed by atoms with Crippen LogP contribution in [-0.4, -0.2) is 59.0 Å². The third-order valence-corrected chi connectivity index (χ3v) is 4.54. The van der Waals surface area contributed by atoms with Crippen molar-refractivity contribution in [2.45, 2.75) is 6.61 Å². The number of hydrogen-bond acceptors (Lipinski definition) is 4. The standard InChI is InChI=1S/C19H19F2N3O4/c1-22-7-6-13(12-16(22)25)17(26)23-8-10-24(11-9-23)18(27)14-4-2-3-5-15(14)28-19(20)21/h2-7,12,19H,8-11H2,1H3. The van der Waals surface area contributed by atoms with E-state index in [4.69, 9.17) is 0 Å². The molecule has 0 unspecified atom stereocenters. The van der Waals surface area contributed by atoms with Gasteiger partial charge in [-0.3, -0.25) is 14.4 Å². The lowest BCUT2D eigenvalue weighted by Gasteiger charge is -2.35. The van der Waals surface area contributed by atoms with E-state index in [0.717, 1.165) is 0 Å². The molecule has 1 aromatic carbocycles. The van der Waals surface area contributed by atoms with Crippen LogP contribution in [0.4, 0.5) is 8.78 Å². The summed E-state index contributed by atoms with van der Waals surface area (Å²) in [6.07, 6.45) is 1.52. The second kappa shape index (κ2) is 8.20. The largest absolute Gasteiger partial charge is 0.434 e. The molecule has 0 spiro atoms. The molecule has 1 aliphatic rings. The molecule has 9 heteroatoms. The normalized spacial score (nSPS) is 14.3. The topological polar surface area (TPSA) is 71.8 Å². The minimum Gasteiger partial charge on any atom is -0.434 e. The van der Waals surface area contributed by atoms with Crippen molar-refractivity contribution in [3.05, 3.63) is 64.1 Å². The molecule has 2 amide bonds. The molecule has 1 fully saturated rings. The number of alkyl halides is 2. The minimum atomic E-state index is -3.03. The highest BCUT2D eigenvalue weighted by atomic mass is 19.3. The maximum atomic E-state index is 12.7. The molecule has 3 rings (SSSR count). The molecular formula is C19H19F2N3O4. The Morgan fingerprint density at radius 2 is 1.61 bits per heavy atom. The number of hydrogen-bond donors (Lipinski definition) is 0. The number of pyridine rings is 1. The van der Waals surface area contributed by atoms with Gasteiger partial charge in [-0.25, -0.2) is 0 Å². The lowest BCUT2D eigenvalue weighted by molar-refractivity contribution is -0.0503. The molecule has 0 aliphatic carbocycles. The average molecular weight is 391 g/mol. The Morgan fingerprint density at radius 1 is 1.00 bits per heavy atom. The van der Waals surface area contributed by atoms with Crippen LogP contribution in [0, 0.1) is 0 Å². The zero-order valence-corrected chi connectivity index (χ0v) is 15.2. The van der Waals surface area contributed by atoms with Gasteiger partial charge in [-0.2, -0.15) is 8.78 Å². The Balaban J connectivity index is 1.67. The number of carbonyl (C=O) groups excluding carboxylic acids is 2. The van der Waals surface area contributed by atoms with Crippen LogP contribution >= 0.6 is 0 Å². The van der Waals surface area contributed by atoms with Crippen LogP contribution in [0.5, 0.6) is 5.75 Å². The number of aromatic nitrogens is 1. The van der Waals surface area contributed by atoms with Crippen molar-refractivity contribution in [3.8, 4) is 5.75 Å². The summed E-state index contributed by atoms with van der Waals surface area (Å²) in [5.74, 6) is -0.899. The first-order valence-corrected chi connectivity index (χ1v) is 8.66. The number of carbonyl (C=O) groups is 2. The molecule has 2 heterocycles. The fourth-order valence-electron chi connectivity index (χ4n) is 2.99.